The van der Waals surface area contributed by atoms with E-state index >= 15 is 0 Å². The molecule has 0 aromatic rings. The molecule has 1 saturated heterocycles. The average Bonchev–Trinajstić information content (AvgIpc) is 2.33. The molecule has 1 aliphatic heterocycles. The maximum atomic E-state index is 11.3. The second-order valence-corrected chi connectivity index (χ2v) is 6.91. The minimum Gasteiger partial charge on any atom is -0.353 e. The molecule has 1 amide bonds. The van der Waals surface area contributed by atoms with Crippen LogP contribution in [0, 0.1) is 0 Å². The number of nitrogens with one attached hydrogen (secondary N) is 1. The molecule has 0 aromatic heterocycles. The first-order chi connectivity index (χ1) is 9.69. The number of thiol groups is 2. The summed E-state index contributed by atoms with van der Waals surface area (Å²) in [5, 5.41) is 5.21. The van der Waals surface area contributed by atoms with Crippen LogP contribution >= 0.6 is 23.3 Å². The number of piperidine rings is 1. The Hall–Kier alpha value is 0.0900. The number of hydrogen-bond acceptors (Lipinski definition) is 5. The molecule has 1 aliphatic rings. The standard InChI is InChI=1S/C15H30N2O2.H2S2/c1-7-8-9-19-17-14(3,4)10-13(16-12(2)18)11-15(17,5)6;1-2/h13H,7-11H2,1-6H3,(H,16,18);1-2H. The molecule has 1 N–H and O–H groups in total. The number of unbranched alkanes of at least 4 members (excludes halogenated alkanes) is 1. The Morgan fingerprint density at radius 2 is 1.71 bits per heavy atom. The lowest BCUT2D eigenvalue weighted by molar-refractivity contribution is -0.284. The Morgan fingerprint density at radius 3 is 2.10 bits per heavy atom. The Balaban J connectivity index is 0.00000191. The van der Waals surface area contributed by atoms with Crippen molar-refractivity contribution >= 4 is 29.2 Å². The van der Waals surface area contributed by atoms with Gasteiger partial charge in [-0.1, -0.05) is 13.3 Å². The van der Waals surface area contributed by atoms with Crippen LogP contribution in [0.5, 0.6) is 0 Å². The Labute approximate surface area is 140 Å². The normalized spacial score (nSPS) is 21.3. The zero-order valence-corrected chi connectivity index (χ0v) is 16.1. The largest absolute Gasteiger partial charge is 0.353 e. The van der Waals surface area contributed by atoms with E-state index in [0.717, 1.165) is 32.3 Å². The summed E-state index contributed by atoms with van der Waals surface area (Å²) in [6, 6.07) is 0.230. The predicted octanol–water partition coefficient (Wildman–Crippen LogP) is 3.64. The first-order valence-corrected chi connectivity index (χ1v) is 9.19. The summed E-state index contributed by atoms with van der Waals surface area (Å²) in [5.41, 5.74) is -0.134. The van der Waals surface area contributed by atoms with Gasteiger partial charge in [0.1, 0.15) is 0 Å². The van der Waals surface area contributed by atoms with E-state index in [1.807, 2.05) is 0 Å². The smallest absolute Gasteiger partial charge is 0.217 e. The molecular weight excluding hydrogens is 304 g/mol. The molecule has 0 atom stereocenters. The van der Waals surface area contributed by atoms with Gasteiger partial charge in [-0.2, -0.15) is 5.06 Å². The van der Waals surface area contributed by atoms with Crippen LogP contribution in [-0.4, -0.2) is 34.7 Å². The summed E-state index contributed by atoms with van der Waals surface area (Å²) in [5.74, 6) is 0.0527. The number of nitrogens with zero attached hydrogens (tertiary/aromatic N) is 1. The third-order valence-electron chi connectivity index (χ3n) is 3.72. The average molecular weight is 337 g/mol. The number of carbonyl (C=O) groups excluding carboxylic acids is 1. The molecule has 0 spiro atoms. The van der Waals surface area contributed by atoms with E-state index in [1.165, 1.54) is 0 Å². The van der Waals surface area contributed by atoms with Gasteiger partial charge >= 0.3 is 0 Å². The molecule has 0 bridgehead atoms. The van der Waals surface area contributed by atoms with Crippen LogP contribution in [0.25, 0.3) is 0 Å². The summed E-state index contributed by atoms with van der Waals surface area (Å²) < 4.78 is 0. The molecule has 0 saturated carbocycles. The number of hydrogen-bond donors (Lipinski definition) is 3. The van der Waals surface area contributed by atoms with Crippen molar-refractivity contribution in [2.75, 3.05) is 6.61 Å². The van der Waals surface area contributed by atoms with E-state index in [9.17, 15) is 4.79 Å². The van der Waals surface area contributed by atoms with Crippen molar-refractivity contribution in [1.29, 1.82) is 0 Å². The van der Waals surface area contributed by atoms with E-state index in [2.05, 4.69) is 68.3 Å². The molecule has 1 rings (SSSR count). The molecule has 1 heterocycles. The van der Waals surface area contributed by atoms with Crippen LogP contribution in [0.15, 0.2) is 0 Å². The van der Waals surface area contributed by atoms with Gasteiger partial charge in [0.25, 0.3) is 0 Å². The minimum absolute atomic E-state index is 0.0527. The highest BCUT2D eigenvalue weighted by Crippen LogP contribution is 2.38. The second-order valence-electron chi connectivity index (χ2n) is 6.91. The van der Waals surface area contributed by atoms with Crippen molar-refractivity contribution in [3.8, 4) is 0 Å². The van der Waals surface area contributed by atoms with E-state index in [0.29, 0.717) is 0 Å². The molecule has 126 valence electrons. The van der Waals surface area contributed by atoms with Crippen molar-refractivity contribution < 1.29 is 9.63 Å². The maximum Gasteiger partial charge on any atom is 0.217 e. The molecule has 0 aromatic carbocycles. The lowest BCUT2D eigenvalue weighted by Gasteiger charge is -2.53. The van der Waals surface area contributed by atoms with Gasteiger partial charge in [-0.25, -0.2) is 0 Å². The van der Waals surface area contributed by atoms with Crippen LogP contribution in [0.4, 0.5) is 0 Å². The Bertz CT molecular complexity index is 305. The highest BCUT2D eigenvalue weighted by molar-refractivity contribution is 8.59. The van der Waals surface area contributed by atoms with Crippen LogP contribution in [0.1, 0.15) is 67.2 Å². The van der Waals surface area contributed by atoms with Crippen LogP contribution in [0.3, 0.4) is 0 Å². The molecule has 6 heteroatoms. The second kappa shape index (κ2) is 9.28. The molecular formula is C15H32N2O2S2. The van der Waals surface area contributed by atoms with Crippen molar-refractivity contribution in [1.82, 2.24) is 10.4 Å². The molecule has 4 nitrogen and oxygen atoms in total. The molecule has 1 fully saturated rings. The molecule has 0 radical (unpaired) electrons. The summed E-state index contributed by atoms with van der Waals surface area (Å²) in [6.07, 6.45) is 4.06. The van der Waals surface area contributed by atoms with Gasteiger partial charge in [0.2, 0.25) is 5.91 Å². The topological polar surface area (TPSA) is 41.6 Å². The molecule has 0 unspecified atom stereocenters. The van der Waals surface area contributed by atoms with Crippen molar-refractivity contribution in [3.05, 3.63) is 0 Å². The Kier molecular flexibility index (Phi) is 9.32. The molecule has 21 heavy (non-hydrogen) atoms. The van der Waals surface area contributed by atoms with Gasteiger partial charge in [0.05, 0.1) is 6.61 Å². The van der Waals surface area contributed by atoms with E-state index in [4.69, 9.17) is 4.84 Å². The maximum absolute atomic E-state index is 11.3. The van der Waals surface area contributed by atoms with Gasteiger partial charge in [0, 0.05) is 24.0 Å². The minimum atomic E-state index is -0.0669. The quantitative estimate of drug-likeness (QED) is 0.408. The fraction of sp³-hybridized carbons (Fsp3) is 0.933. The van der Waals surface area contributed by atoms with Gasteiger partial charge < -0.3 is 5.32 Å². The van der Waals surface area contributed by atoms with Crippen LogP contribution < -0.4 is 5.32 Å². The summed E-state index contributed by atoms with van der Waals surface area (Å²) in [6.45, 7) is 13.3. The fourth-order valence-corrected chi connectivity index (χ4v) is 3.30. The number of amides is 1. The Morgan fingerprint density at radius 1 is 1.24 bits per heavy atom. The number of rotatable bonds is 5. The van der Waals surface area contributed by atoms with E-state index in [-0.39, 0.29) is 23.0 Å². The highest BCUT2D eigenvalue weighted by atomic mass is 33.1. The van der Waals surface area contributed by atoms with Gasteiger partial charge in [0.15, 0.2) is 0 Å². The summed E-state index contributed by atoms with van der Waals surface area (Å²) in [4.78, 5) is 17.3. The van der Waals surface area contributed by atoms with Crippen LogP contribution in [0.2, 0.25) is 0 Å². The van der Waals surface area contributed by atoms with Crippen molar-refractivity contribution in [2.24, 2.45) is 0 Å². The zero-order chi connectivity index (χ0) is 16.7. The predicted molar refractivity (Wildman–Crippen MR) is 95.7 cm³/mol. The fourth-order valence-electron chi connectivity index (χ4n) is 3.30. The van der Waals surface area contributed by atoms with Crippen molar-refractivity contribution in [3.63, 3.8) is 0 Å². The first-order valence-electron chi connectivity index (χ1n) is 7.59. The van der Waals surface area contributed by atoms with E-state index < -0.39 is 0 Å². The third-order valence-corrected chi connectivity index (χ3v) is 3.72. The van der Waals surface area contributed by atoms with Crippen LogP contribution in [-0.2, 0) is 9.63 Å². The lowest BCUT2D eigenvalue weighted by atomic mass is 9.79. The zero-order valence-electron chi connectivity index (χ0n) is 14.3. The summed E-state index contributed by atoms with van der Waals surface area (Å²) in [7, 11) is 0. The SMILES string of the molecule is CCCCON1C(C)(C)CC(NC(C)=O)CC1(C)C.SS. The van der Waals surface area contributed by atoms with Gasteiger partial charge in [-0.05, 0) is 47.0 Å². The van der Waals surface area contributed by atoms with Crippen molar-refractivity contribution in [2.45, 2.75) is 84.3 Å². The highest BCUT2D eigenvalue weighted by Gasteiger charge is 2.46. The lowest BCUT2D eigenvalue weighted by Crippen LogP contribution is -2.64. The monoisotopic (exact) mass is 336 g/mol. The van der Waals surface area contributed by atoms with E-state index in [1.54, 1.807) is 6.92 Å². The van der Waals surface area contributed by atoms with Gasteiger partial charge in [-0.3, -0.25) is 9.63 Å². The van der Waals surface area contributed by atoms with Gasteiger partial charge in [-0.15, -0.1) is 23.3 Å². The number of hydroxylamine groups is 2. The first kappa shape index (κ1) is 21.1. The molecule has 0 aliphatic carbocycles. The third kappa shape index (κ3) is 6.80. The number of carbonyl (C=O) groups is 1. The summed E-state index contributed by atoms with van der Waals surface area (Å²) >= 11 is 6.44.